The van der Waals surface area contributed by atoms with Gasteiger partial charge >= 0.3 is 17.8 Å². The van der Waals surface area contributed by atoms with Gasteiger partial charge in [-0.05, 0) is 37.0 Å². The zero-order valence-corrected chi connectivity index (χ0v) is 18.2. The number of carbonyl (C=O) groups is 2. The molecule has 3 atom stereocenters. The summed E-state index contributed by atoms with van der Waals surface area (Å²) in [6.07, 6.45) is 3.79. The van der Waals surface area contributed by atoms with Crippen molar-refractivity contribution in [1.82, 2.24) is 29.9 Å². The number of urea groups is 1. The van der Waals surface area contributed by atoms with Crippen molar-refractivity contribution >= 4 is 29.2 Å². The molecule has 2 aromatic heterocycles. The zero-order chi connectivity index (χ0) is 22.6. The molecule has 0 radical (unpaired) electrons. The Balaban J connectivity index is 1.43. The van der Waals surface area contributed by atoms with Gasteiger partial charge in [-0.2, -0.15) is 5.10 Å². The Hall–Kier alpha value is -3.47. The van der Waals surface area contributed by atoms with Crippen LogP contribution in [0.2, 0.25) is 5.02 Å². The maximum absolute atomic E-state index is 13.3. The number of benzene rings is 1. The molecule has 6 rings (SSSR count). The average Bonchev–Trinajstić information content (AvgIpc) is 3.38. The summed E-state index contributed by atoms with van der Waals surface area (Å²) in [6, 6.07) is 4.88. The molecule has 2 saturated heterocycles. The minimum Gasteiger partial charge on any atom is -0.414 e. The number of carbonyl (C=O) groups excluding carboxylic acids is 2. The van der Waals surface area contributed by atoms with Gasteiger partial charge in [-0.3, -0.25) is 9.48 Å². The lowest BCUT2D eigenvalue weighted by molar-refractivity contribution is -0.110. The van der Waals surface area contributed by atoms with E-state index < -0.39 is 11.4 Å². The van der Waals surface area contributed by atoms with Crippen LogP contribution < -0.4 is 11.1 Å². The van der Waals surface area contributed by atoms with E-state index in [0.29, 0.717) is 40.9 Å². The molecule has 3 fully saturated rings. The summed E-state index contributed by atoms with van der Waals surface area (Å²) in [4.78, 5) is 30.7. The summed E-state index contributed by atoms with van der Waals surface area (Å²) in [7, 11) is 1.76. The lowest BCUT2D eigenvalue weighted by Crippen LogP contribution is -2.70. The van der Waals surface area contributed by atoms with Gasteiger partial charge in [0.05, 0.1) is 5.02 Å². The topological polar surface area (TPSA) is 145 Å². The van der Waals surface area contributed by atoms with E-state index in [1.54, 1.807) is 41.2 Å². The van der Waals surface area contributed by atoms with E-state index in [9.17, 15) is 9.59 Å². The van der Waals surface area contributed by atoms with Crippen molar-refractivity contribution in [2.24, 2.45) is 18.7 Å². The van der Waals surface area contributed by atoms with E-state index in [4.69, 9.17) is 21.8 Å². The van der Waals surface area contributed by atoms with Crippen molar-refractivity contribution < 1.29 is 14.0 Å². The third-order valence-electron chi connectivity index (χ3n) is 6.07. The first-order valence-electron chi connectivity index (χ1n) is 10.2. The van der Waals surface area contributed by atoms with Crippen LogP contribution in [0.1, 0.15) is 42.8 Å². The Morgan fingerprint density at radius 1 is 1.31 bits per heavy atom. The molecule has 166 valence electrons. The van der Waals surface area contributed by atoms with Crippen LogP contribution >= 0.6 is 11.6 Å². The molecule has 4 heterocycles. The molecule has 11 nitrogen and oxygen atoms in total. The van der Waals surface area contributed by atoms with Gasteiger partial charge in [-0.25, -0.2) is 9.78 Å². The number of nitrogens with one attached hydrogen (secondary N) is 1. The number of hydrogen-bond acceptors (Lipinski definition) is 7. The SMILES string of the molecule is C[C@@H]1C[C@@H]2C[C@](c3nnc(C(N)=O)o3)(C1)N2C(=O)Nc1ccc(Cl)c(-c2ncn(C)n2)c1. The van der Waals surface area contributed by atoms with Crippen LogP contribution in [0.3, 0.4) is 0 Å². The summed E-state index contributed by atoms with van der Waals surface area (Å²) in [5.74, 6) is -0.00306. The fourth-order valence-corrected chi connectivity index (χ4v) is 5.08. The number of halogens is 1. The van der Waals surface area contributed by atoms with Crippen LogP contribution in [-0.2, 0) is 12.6 Å². The predicted octanol–water partition coefficient (Wildman–Crippen LogP) is 2.55. The van der Waals surface area contributed by atoms with Gasteiger partial charge in [0.25, 0.3) is 0 Å². The summed E-state index contributed by atoms with van der Waals surface area (Å²) < 4.78 is 7.12. The molecule has 2 aliphatic heterocycles. The van der Waals surface area contributed by atoms with Gasteiger partial charge in [-0.1, -0.05) is 18.5 Å². The monoisotopic (exact) mass is 456 g/mol. The Labute approximate surface area is 187 Å². The van der Waals surface area contributed by atoms with Crippen LogP contribution in [0.5, 0.6) is 0 Å². The molecule has 1 aromatic carbocycles. The Morgan fingerprint density at radius 3 is 2.81 bits per heavy atom. The third-order valence-corrected chi connectivity index (χ3v) is 6.40. The predicted molar refractivity (Wildman–Crippen MR) is 114 cm³/mol. The maximum Gasteiger partial charge on any atom is 0.323 e. The molecular formula is C20H21ClN8O3. The van der Waals surface area contributed by atoms with E-state index in [1.165, 1.54) is 0 Å². The highest BCUT2D eigenvalue weighted by atomic mass is 35.5. The van der Waals surface area contributed by atoms with Crippen LogP contribution in [-0.4, -0.2) is 47.8 Å². The number of anilines is 1. The third kappa shape index (κ3) is 3.20. The zero-order valence-electron chi connectivity index (χ0n) is 17.4. The molecule has 12 heteroatoms. The van der Waals surface area contributed by atoms with Gasteiger partial charge in [-0.15, -0.1) is 10.2 Å². The molecule has 1 saturated carbocycles. The van der Waals surface area contributed by atoms with E-state index in [2.05, 4.69) is 32.5 Å². The van der Waals surface area contributed by atoms with E-state index in [0.717, 1.165) is 6.42 Å². The molecule has 3 amide bonds. The smallest absolute Gasteiger partial charge is 0.323 e. The second-order valence-corrected chi connectivity index (χ2v) is 8.85. The second kappa shape index (κ2) is 7.30. The summed E-state index contributed by atoms with van der Waals surface area (Å²) in [6.45, 7) is 2.12. The minimum absolute atomic E-state index is 0.0342. The lowest BCUT2D eigenvalue weighted by atomic mass is 9.64. The number of amides is 3. The largest absolute Gasteiger partial charge is 0.414 e. The molecule has 32 heavy (non-hydrogen) atoms. The quantitative estimate of drug-likeness (QED) is 0.613. The Bertz CT molecular complexity index is 1220. The van der Waals surface area contributed by atoms with Crippen LogP contribution in [0, 0.1) is 5.92 Å². The molecule has 2 bridgehead atoms. The maximum atomic E-state index is 13.3. The second-order valence-electron chi connectivity index (χ2n) is 8.45. The van der Waals surface area contributed by atoms with E-state index in [-0.39, 0.29) is 23.9 Å². The number of nitrogens with two attached hydrogens (primary N) is 1. The molecule has 3 N–H and O–H groups in total. The van der Waals surface area contributed by atoms with E-state index >= 15 is 0 Å². The molecular weight excluding hydrogens is 436 g/mol. The first-order valence-corrected chi connectivity index (χ1v) is 10.5. The fraction of sp³-hybridized carbons (Fsp3) is 0.400. The highest BCUT2D eigenvalue weighted by molar-refractivity contribution is 6.33. The van der Waals surface area contributed by atoms with Gasteiger partial charge < -0.3 is 20.4 Å². The van der Waals surface area contributed by atoms with Gasteiger partial charge in [0.1, 0.15) is 11.9 Å². The number of fused-ring (bicyclic) bond motifs is 2. The molecule has 3 aromatic rings. The highest BCUT2D eigenvalue weighted by Crippen LogP contribution is 2.55. The van der Waals surface area contributed by atoms with Crippen molar-refractivity contribution in [2.45, 2.75) is 37.8 Å². The lowest BCUT2D eigenvalue weighted by Gasteiger charge is -2.61. The van der Waals surface area contributed by atoms with Gasteiger partial charge in [0.2, 0.25) is 5.89 Å². The van der Waals surface area contributed by atoms with Crippen LogP contribution in [0.4, 0.5) is 10.5 Å². The van der Waals surface area contributed by atoms with Crippen molar-refractivity contribution in [3.63, 3.8) is 0 Å². The molecule has 3 aliphatic rings. The minimum atomic E-state index is -0.798. The van der Waals surface area contributed by atoms with Crippen molar-refractivity contribution in [2.75, 3.05) is 5.32 Å². The van der Waals surface area contributed by atoms with Crippen molar-refractivity contribution in [1.29, 1.82) is 0 Å². The number of piperidine rings is 1. The molecule has 0 spiro atoms. The fourth-order valence-electron chi connectivity index (χ4n) is 4.88. The van der Waals surface area contributed by atoms with Crippen molar-refractivity contribution in [3.8, 4) is 11.4 Å². The number of hydrogen-bond donors (Lipinski definition) is 2. The normalized spacial score (nSPS) is 24.2. The van der Waals surface area contributed by atoms with E-state index in [1.807, 2.05) is 0 Å². The molecule has 1 aliphatic carbocycles. The summed E-state index contributed by atoms with van der Waals surface area (Å²) in [5.41, 5.74) is 5.67. The number of nitrogens with zero attached hydrogens (tertiary/aromatic N) is 6. The van der Waals surface area contributed by atoms with Crippen molar-refractivity contribution in [3.05, 3.63) is 41.3 Å². The highest BCUT2D eigenvalue weighted by Gasteiger charge is 2.62. The summed E-state index contributed by atoms with van der Waals surface area (Å²) >= 11 is 6.32. The number of aromatic nitrogens is 5. The Kier molecular flexibility index (Phi) is 4.66. The van der Waals surface area contributed by atoms with Gasteiger partial charge in [0, 0.05) is 30.8 Å². The first kappa shape index (κ1) is 20.4. The number of rotatable bonds is 4. The Morgan fingerprint density at radius 2 is 2.12 bits per heavy atom. The number of aryl methyl sites for hydroxylation is 1. The number of primary amides is 1. The van der Waals surface area contributed by atoms with Crippen LogP contribution in [0.15, 0.2) is 28.9 Å². The van der Waals surface area contributed by atoms with Gasteiger partial charge in [0.15, 0.2) is 5.82 Å². The summed E-state index contributed by atoms with van der Waals surface area (Å²) in [5, 5.41) is 15.5. The average molecular weight is 457 g/mol. The van der Waals surface area contributed by atoms with Crippen LogP contribution in [0.25, 0.3) is 11.4 Å². The standard InChI is InChI=1S/C20H21ClN8O3/c1-10-5-12-8-20(7-10,18-26-25-17(32-18)15(22)30)29(12)19(31)24-11-3-4-14(21)13(6-11)16-23-9-28(2)27-16/h3-4,6,9-10,12H,5,7-8H2,1-2H3,(H2,22,30)(H,24,31)/t10-,12-,20+/m1/s1. The molecule has 0 unspecified atom stereocenters. The first-order chi connectivity index (χ1) is 15.3.